The van der Waals surface area contributed by atoms with E-state index in [2.05, 4.69) is 0 Å². The molecule has 184 valence electrons. The van der Waals surface area contributed by atoms with Gasteiger partial charge in [0.05, 0.1) is 18.1 Å². The lowest BCUT2D eigenvalue weighted by molar-refractivity contribution is -0.142. The number of ether oxygens (including phenoxy) is 2. The number of carboxylic acid groups (broad SMARTS) is 1. The third-order valence-electron chi connectivity index (χ3n) is 7.31. The molecule has 2 aliphatic rings. The first-order chi connectivity index (χ1) is 15.9. The van der Waals surface area contributed by atoms with E-state index < -0.39 is 18.2 Å². The minimum atomic E-state index is -0.748. The van der Waals surface area contributed by atoms with Gasteiger partial charge in [-0.2, -0.15) is 0 Å². The topological polar surface area (TPSA) is 96.2 Å². The lowest BCUT2D eigenvalue weighted by Crippen LogP contribution is -2.22. The van der Waals surface area contributed by atoms with Crippen molar-refractivity contribution in [3.8, 4) is 5.75 Å². The molecule has 3 rings (SSSR count). The van der Waals surface area contributed by atoms with Gasteiger partial charge in [-0.1, -0.05) is 43.7 Å². The van der Waals surface area contributed by atoms with Gasteiger partial charge in [0.15, 0.2) is 0 Å². The number of aryl methyl sites for hydroxylation is 1. The molecule has 0 radical (unpaired) electrons. The van der Waals surface area contributed by atoms with E-state index in [4.69, 9.17) is 9.47 Å². The van der Waals surface area contributed by atoms with Crippen molar-refractivity contribution in [2.45, 2.75) is 77.1 Å². The Bertz CT molecular complexity index is 778. The van der Waals surface area contributed by atoms with Crippen LogP contribution in [0, 0.1) is 30.6 Å². The van der Waals surface area contributed by atoms with Gasteiger partial charge in [-0.3, -0.25) is 4.79 Å². The number of rotatable bonds is 11. The first kappa shape index (κ1) is 25.7. The number of hydrogen-bond donors (Lipinski definition) is 3. The number of aliphatic hydroxyl groups excluding tert-OH is 2. The van der Waals surface area contributed by atoms with Crippen LogP contribution in [0.2, 0.25) is 0 Å². The summed E-state index contributed by atoms with van der Waals surface area (Å²) in [5.41, 5.74) is 1.03. The van der Waals surface area contributed by atoms with Gasteiger partial charge in [0.1, 0.15) is 18.5 Å². The van der Waals surface area contributed by atoms with Crippen LogP contribution in [0.5, 0.6) is 5.75 Å². The molecule has 1 aromatic carbocycles. The lowest BCUT2D eigenvalue weighted by Gasteiger charge is -2.21. The maximum absolute atomic E-state index is 11.4. The van der Waals surface area contributed by atoms with Crippen LogP contribution in [0.15, 0.2) is 36.4 Å². The van der Waals surface area contributed by atoms with Gasteiger partial charge in [0.25, 0.3) is 0 Å². The Morgan fingerprint density at radius 2 is 2.06 bits per heavy atom. The monoisotopic (exact) mass is 460 g/mol. The average molecular weight is 461 g/mol. The largest absolute Gasteiger partial charge is 0.490 e. The molecule has 1 aliphatic heterocycles. The molecule has 1 heterocycles. The van der Waals surface area contributed by atoms with Gasteiger partial charge < -0.3 is 24.8 Å². The number of fused-ring (bicyclic) bond motifs is 1. The number of para-hydroxylation sites is 1. The third-order valence-corrected chi connectivity index (χ3v) is 7.31. The summed E-state index contributed by atoms with van der Waals surface area (Å²) < 4.78 is 11.9. The fraction of sp³-hybridized carbons (Fsp3) is 0.667. The Kier molecular flexibility index (Phi) is 9.78. The Morgan fingerprint density at radius 3 is 2.79 bits per heavy atom. The first-order valence-electron chi connectivity index (χ1n) is 12.5. The summed E-state index contributed by atoms with van der Waals surface area (Å²) in [6.07, 6.45) is 8.19. The van der Waals surface area contributed by atoms with Crippen LogP contribution in [0.3, 0.4) is 0 Å². The second kappa shape index (κ2) is 12.5. The maximum atomic E-state index is 11.4. The summed E-state index contributed by atoms with van der Waals surface area (Å²) in [5, 5.41) is 30.4. The minimum Gasteiger partial charge on any atom is -0.490 e. The van der Waals surface area contributed by atoms with Gasteiger partial charge >= 0.3 is 5.97 Å². The third kappa shape index (κ3) is 7.29. The van der Waals surface area contributed by atoms with E-state index in [9.17, 15) is 20.1 Å². The summed E-state index contributed by atoms with van der Waals surface area (Å²) in [4.78, 5) is 11.4. The standard InChI is InChI=1S/C27H40O6/c1-3-6-20(27(30)31)11-9-19-10-13-23-22(24(29)15-26(23)32-16-19)14-12-21(28)17-33-25-8-5-4-7-18(25)2/h4-5,7-8,12,14,19-24,26,28-29H,3,6,9-11,13,15-17H2,1-2H3,(H,30,31)/t19-,20?,21-,22-,23-,24-,26+/m1/s1. The van der Waals surface area contributed by atoms with Crippen LogP contribution in [-0.4, -0.2) is 52.8 Å². The van der Waals surface area contributed by atoms with Crippen molar-refractivity contribution in [2.75, 3.05) is 13.2 Å². The van der Waals surface area contributed by atoms with Crippen molar-refractivity contribution in [1.29, 1.82) is 0 Å². The van der Waals surface area contributed by atoms with Gasteiger partial charge in [0.2, 0.25) is 0 Å². The van der Waals surface area contributed by atoms with Gasteiger partial charge in [-0.15, -0.1) is 0 Å². The Hall–Kier alpha value is -1.89. The normalized spacial score (nSPS) is 29.4. The molecule has 1 saturated heterocycles. The summed E-state index contributed by atoms with van der Waals surface area (Å²) in [5.74, 6) is 0.341. The highest BCUT2D eigenvalue weighted by atomic mass is 16.5. The molecule has 1 aromatic rings. The van der Waals surface area contributed by atoms with E-state index >= 15 is 0 Å². The summed E-state index contributed by atoms with van der Waals surface area (Å²) in [6, 6.07) is 7.71. The summed E-state index contributed by atoms with van der Waals surface area (Å²) >= 11 is 0. The smallest absolute Gasteiger partial charge is 0.306 e. The van der Waals surface area contributed by atoms with E-state index in [1.165, 1.54) is 0 Å². The Balaban J connectivity index is 1.50. The van der Waals surface area contributed by atoms with Crippen molar-refractivity contribution in [2.24, 2.45) is 23.7 Å². The van der Waals surface area contributed by atoms with E-state index in [0.29, 0.717) is 25.4 Å². The number of benzene rings is 1. The van der Waals surface area contributed by atoms with Gasteiger partial charge in [-0.25, -0.2) is 0 Å². The van der Waals surface area contributed by atoms with Crippen LogP contribution in [-0.2, 0) is 9.53 Å². The molecule has 1 aliphatic carbocycles. The predicted octanol–water partition coefficient (Wildman–Crippen LogP) is 4.36. The minimum absolute atomic E-state index is 0.0194. The van der Waals surface area contributed by atoms with Crippen LogP contribution >= 0.6 is 0 Å². The number of aliphatic hydroxyl groups is 2. The van der Waals surface area contributed by atoms with Crippen LogP contribution in [0.25, 0.3) is 0 Å². The summed E-state index contributed by atoms with van der Waals surface area (Å²) in [6.45, 7) is 4.79. The van der Waals surface area contributed by atoms with Crippen molar-refractivity contribution in [3.63, 3.8) is 0 Å². The molecule has 7 atom stereocenters. The Morgan fingerprint density at radius 1 is 1.27 bits per heavy atom. The number of hydrogen-bond acceptors (Lipinski definition) is 5. The predicted molar refractivity (Wildman–Crippen MR) is 127 cm³/mol. The van der Waals surface area contributed by atoms with Gasteiger partial charge in [-0.05, 0) is 62.5 Å². The van der Waals surface area contributed by atoms with E-state index in [-0.39, 0.29) is 30.5 Å². The lowest BCUT2D eigenvalue weighted by atomic mass is 9.85. The zero-order valence-electron chi connectivity index (χ0n) is 19.9. The fourth-order valence-electron chi connectivity index (χ4n) is 5.33. The SMILES string of the molecule is CCCC(CC[C@@H]1CC[C@@H]2[C@@H](C=C[C@@H](O)COc3ccccc3C)[C@H](O)C[C@@H]2OC1)C(=O)O. The van der Waals surface area contributed by atoms with Crippen molar-refractivity contribution >= 4 is 5.97 Å². The van der Waals surface area contributed by atoms with E-state index in [1.54, 1.807) is 6.08 Å². The molecule has 0 spiro atoms. The molecule has 1 unspecified atom stereocenters. The number of carbonyl (C=O) groups is 1. The van der Waals surface area contributed by atoms with E-state index in [0.717, 1.165) is 43.4 Å². The Labute approximate surface area is 197 Å². The summed E-state index contributed by atoms with van der Waals surface area (Å²) in [7, 11) is 0. The molecule has 2 fully saturated rings. The zero-order valence-corrected chi connectivity index (χ0v) is 19.9. The quantitative estimate of drug-likeness (QED) is 0.425. The molecular weight excluding hydrogens is 420 g/mol. The molecule has 0 bridgehead atoms. The first-order valence-corrected chi connectivity index (χ1v) is 12.5. The van der Waals surface area contributed by atoms with Gasteiger partial charge in [0, 0.05) is 18.9 Å². The van der Waals surface area contributed by atoms with Crippen LogP contribution < -0.4 is 4.74 Å². The molecule has 6 nitrogen and oxygen atoms in total. The molecular formula is C27H40O6. The zero-order chi connectivity index (χ0) is 23.8. The van der Waals surface area contributed by atoms with Crippen molar-refractivity contribution in [3.05, 3.63) is 42.0 Å². The number of carboxylic acids is 1. The average Bonchev–Trinajstić information content (AvgIpc) is 2.95. The van der Waals surface area contributed by atoms with Crippen LogP contribution in [0.1, 0.15) is 57.4 Å². The molecule has 3 N–H and O–H groups in total. The fourth-order valence-corrected chi connectivity index (χ4v) is 5.33. The maximum Gasteiger partial charge on any atom is 0.306 e. The van der Waals surface area contributed by atoms with Crippen LogP contribution in [0.4, 0.5) is 0 Å². The van der Waals surface area contributed by atoms with E-state index in [1.807, 2.05) is 44.2 Å². The molecule has 0 amide bonds. The highest BCUT2D eigenvalue weighted by molar-refractivity contribution is 5.69. The van der Waals surface area contributed by atoms with Crippen molar-refractivity contribution in [1.82, 2.24) is 0 Å². The second-order valence-electron chi connectivity index (χ2n) is 9.79. The molecule has 33 heavy (non-hydrogen) atoms. The van der Waals surface area contributed by atoms with Crippen molar-refractivity contribution < 1.29 is 29.6 Å². The molecule has 1 saturated carbocycles. The number of aliphatic carboxylic acids is 1. The molecule has 6 heteroatoms. The highest BCUT2D eigenvalue weighted by Crippen LogP contribution is 2.42. The molecule has 0 aromatic heterocycles. The second-order valence-corrected chi connectivity index (χ2v) is 9.79. The highest BCUT2D eigenvalue weighted by Gasteiger charge is 2.43.